The SMILES string of the molecule is CC(C)CC(C(=O)N1CCC(COc2cccnc2)CC1)N1CCN[C@@H](CC(C)C)C1=O. The van der Waals surface area contributed by atoms with E-state index in [-0.39, 0.29) is 23.9 Å². The van der Waals surface area contributed by atoms with Crippen LogP contribution in [0.25, 0.3) is 0 Å². The lowest BCUT2D eigenvalue weighted by molar-refractivity contribution is -0.150. The maximum absolute atomic E-state index is 13.6. The number of hydrogen-bond acceptors (Lipinski definition) is 5. The Morgan fingerprint density at radius 3 is 2.56 bits per heavy atom. The van der Waals surface area contributed by atoms with Gasteiger partial charge in [0.25, 0.3) is 0 Å². The van der Waals surface area contributed by atoms with E-state index >= 15 is 0 Å². The van der Waals surface area contributed by atoms with E-state index in [1.54, 1.807) is 12.4 Å². The average molecular weight is 445 g/mol. The van der Waals surface area contributed by atoms with Gasteiger partial charge >= 0.3 is 0 Å². The quantitative estimate of drug-likeness (QED) is 0.634. The monoisotopic (exact) mass is 444 g/mol. The molecule has 0 bridgehead atoms. The molecule has 2 amide bonds. The maximum atomic E-state index is 13.6. The highest BCUT2D eigenvalue weighted by Gasteiger charge is 2.39. The second-order valence-corrected chi connectivity index (χ2v) is 10.1. The van der Waals surface area contributed by atoms with Crippen molar-refractivity contribution in [3.05, 3.63) is 24.5 Å². The highest BCUT2D eigenvalue weighted by Crippen LogP contribution is 2.24. The number of carbonyl (C=O) groups excluding carboxylic acids is 2. The molecule has 2 aliphatic rings. The summed E-state index contributed by atoms with van der Waals surface area (Å²) in [5.41, 5.74) is 0. The van der Waals surface area contributed by atoms with Gasteiger partial charge in [-0.2, -0.15) is 0 Å². The molecule has 1 unspecified atom stereocenters. The fraction of sp³-hybridized carbons (Fsp3) is 0.720. The van der Waals surface area contributed by atoms with Crippen LogP contribution in [0.2, 0.25) is 0 Å². The predicted molar refractivity (Wildman–Crippen MR) is 125 cm³/mol. The van der Waals surface area contributed by atoms with E-state index in [1.807, 2.05) is 21.9 Å². The molecule has 7 nitrogen and oxygen atoms in total. The van der Waals surface area contributed by atoms with E-state index in [0.29, 0.717) is 37.3 Å². The summed E-state index contributed by atoms with van der Waals surface area (Å²) < 4.78 is 5.87. The van der Waals surface area contributed by atoms with E-state index in [0.717, 1.165) is 44.6 Å². The Kier molecular flexibility index (Phi) is 8.91. The molecule has 3 rings (SSSR count). The van der Waals surface area contributed by atoms with Gasteiger partial charge in [0.2, 0.25) is 11.8 Å². The third kappa shape index (κ3) is 6.67. The lowest BCUT2D eigenvalue weighted by Crippen LogP contribution is -2.62. The first kappa shape index (κ1) is 24.5. The van der Waals surface area contributed by atoms with Gasteiger partial charge in [0, 0.05) is 32.4 Å². The van der Waals surface area contributed by atoms with Gasteiger partial charge in [-0.3, -0.25) is 14.6 Å². The molecule has 7 heteroatoms. The topological polar surface area (TPSA) is 74.8 Å². The van der Waals surface area contributed by atoms with Crippen LogP contribution in [0.1, 0.15) is 53.4 Å². The van der Waals surface area contributed by atoms with Crippen molar-refractivity contribution < 1.29 is 14.3 Å². The number of carbonyl (C=O) groups is 2. The zero-order chi connectivity index (χ0) is 23.1. The molecule has 2 aliphatic heterocycles. The molecule has 1 N–H and O–H groups in total. The standard InChI is InChI=1S/C25H40N4O3/c1-18(2)14-22-24(30)29(13-10-27-22)23(15-19(3)4)25(31)28-11-7-20(8-12-28)17-32-21-6-5-9-26-16-21/h5-6,9,16,18-20,22-23,27H,7-8,10-15,17H2,1-4H3/t22-,23?/m0/s1. The van der Waals surface area contributed by atoms with Crippen LogP contribution in [-0.4, -0.2) is 71.5 Å². The number of rotatable bonds is 9. The molecule has 32 heavy (non-hydrogen) atoms. The van der Waals surface area contributed by atoms with E-state index < -0.39 is 0 Å². The van der Waals surface area contributed by atoms with Crippen molar-refractivity contribution >= 4 is 11.8 Å². The van der Waals surface area contributed by atoms with Crippen molar-refractivity contribution in [3.63, 3.8) is 0 Å². The summed E-state index contributed by atoms with van der Waals surface area (Å²) in [6.45, 7) is 12.0. The molecular formula is C25H40N4O3. The number of piperidine rings is 1. The van der Waals surface area contributed by atoms with Gasteiger partial charge in [-0.05, 0) is 55.6 Å². The third-order valence-corrected chi connectivity index (χ3v) is 6.43. The van der Waals surface area contributed by atoms with Gasteiger partial charge in [0.05, 0.1) is 18.8 Å². The fourth-order valence-corrected chi connectivity index (χ4v) is 4.71. The number of ether oxygens (including phenoxy) is 1. The average Bonchev–Trinajstić information content (AvgIpc) is 2.78. The van der Waals surface area contributed by atoms with Gasteiger partial charge in [-0.1, -0.05) is 27.7 Å². The van der Waals surface area contributed by atoms with Crippen LogP contribution in [0.15, 0.2) is 24.5 Å². The fourth-order valence-electron chi connectivity index (χ4n) is 4.71. The number of piperazine rings is 1. The molecule has 2 atom stereocenters. The summed E-state index contributed by atoms with van der Waals surface area (Å²) in [6.07, 6.45) is 6.83. The Morgan fingerprint density at radius 1 is 1.19 bits per heavy atom. The van der Waals surface area contributed by atoms with Crippen LogP contribution >= 0.6 is 0 Å². The highest BCUT2D eigenvalue weighted by molar-refractivity contribution is 5.90. The number of hydrogen-bond donors (Lipinski definition) is 1. The second-order valence-electron chi connectivity index (χ2n) is 10.1. The van der Waals surface area contributed by atoms with Crippen LogP contribution in [0.4, 0.5) is 0 Å². The predicted octanol–water partition coefficient (Wildman–Crippen LogP) is 2.96. The molecule has 0 aromatic carbocycles. The minimum atomic E-state index is -0.359. The molecule has 1 aromatic rings. The minimum Gasteiger partial charge on any atom is -0.492 e. The van der Waals surface area contributed by atoms with Crippen molar-refractivity contribution in [2.45, 2.75) is 65.5 Å². The van der Waals surface area contributed by atoms with Crippen LogP contribution in [0.3, 0.4) is 0 Å². The Balaban J connectivity index is 1.58. The Hall–Kier alpha value is -2.15. The van der Waals surface area contributed by atoms with Gasteiger partial charge in [0.15, 0.2) is 0 Å². The Bertz CT molecular complexity index is 732. The van der Waals surface area contributed by atoms with Gasteiger partial charge in [-0.15, -0.1) is 0 Å². The summed E-state index contributed by atoms with van der Waals surface area (Å²) in [4.78, 5) is 34.7. The molecule has 178 valence electrons. The highest BCUT2D eigenvalue weighted by atomic mass is 16.5. The Morgan fingerprint density at radius 2 is 1.94 bits per heavy atom. The normalized spacial score (nSPS) is 21.3. The van der Waals surface area contributed by atoms with Crippen molar-refractivity contribution in [3.8, 4) is 5.75 Å². The number of nitrogens with one attached hydrogen (secondary N) is 1. The second kappa shape index (κ2) is 11.6. The summed E-state index contributed by atoms with van der Waals surface area (Å²) in [7, 11) is 0. The van der Waals surface area contributed by atoms with E-state index in [4.69, 9.17) is 4.74 Å². The molecule has 0 spiro atoms. The number of nitrogens with zero attached hydrogens (tertiary/aromatic N) is 3. The Labute approximate surface area is 192 Å². The zero-order valence-electron chi connectivity index (χ0n) is 20.1. The molecule has 2 fully saturated rings. The summed E-state index contributed by atoms with van der Waals surface area (Å²) in [5, 5.41) is 3.36. The van der Waals surface area contributed by atoms with E-state index in [1.165, 1.54) is 0 Å². The summed E-state index contributed by atoms with van der Waals surface area (Å²) in [5.74, 6) is 2.20. The largest absolute Gasteiger partial charge is 0.492 e. The van der Waals surface area contributed by atoms with Crippen molar-refractivity contribution in [2.75, 3.05) is 32.8 Å². The van der Waals surface area contributed by atoms with Crippen LogP contribution in [-0.2, 0) is 9.59 Å². The zero-order valence-corrected chi connectivity index (χ0v) is 20.1. The maximum Gasteiger partial charge on any atom is 0.245 e. The first-order chi connectivity index (χ1) is 15.3. The number of aromatic nitrogens is 1. The number of pyridine rings is 1. The molecule has 2 saturated heterocycles. The smallest absolute Gasteiger partial charge is 0.245 e. The van der Waals surface area contributed by atoms with E-state index in [2.05, 4.69) is 38.0 Å². The first-order valence-corrected chi connectivity index (χ1v) is 12.2. The molecular weight excluding hydrogens is 404 g/mol. The van der Waals surface area contributed by atoms with Crippen LogP contribution in [0, 0.1) is 17.8 Å². The van der Waals surface area contributed by atoms with Crippen molar-refractivity contribution in [2.24, 2.45) is 17.8 Å². The summed E-state index contributed by atoms with van der Waals surface area (Å²) in [6, 6.07) is 3.25. The molecule has 0 saturated carbocycles. The van der Waals surface area contributed by atoms with Gasteiger partial charge < -0.3 is 19.9 Å². The third-order valence-electron chi connectivity index (χ3n) is 6.43. The first-order valence-electron chi connectivity index (χ1n) is 12.2. The van der Waals surface area contributed by atoms with Gasteiger partial charge in [-0.25, -0.2) is 0 Å². The number of amides is 2. The van der Waals surface area contributed by atoms with E-state index in [9.17, 15) is 9.59 Å². The van der Waals surface area contributed by atoms with Gasteiger partial charge in [0.1, 0.15) is 11.8 Å². The summed E-state index contributed by atoms with van der Waals surface area (Å²) >= 11 is 0. The number of likely N-dealkylation sites (tertiary alicyclic amines) is 1. The molecule has 3 heterocycles. The molecule has 1 aromatic heterocycles. The minimum absolute atomic E-state index is 0.0868. The van der Waals surface area contributed by atoms with Crippen LogP contribution < -0.4 is 10.1 Å². The van der Waals surface area contributed by atoms with Crippen molar-refractivity contribution in [1.29, 1.82) is 0 Å². The lowest BCUT2D eigenvalue weighted by atomic mass is 9.94. The van der Waals surface area contributed by atoms with Crippen molar-refractivity contribution in [1.82, 2.24) is 20.1 Å². The van der Waals surface area contributed by atoms with Crippen LogP contribution in [0.5, 0.6) is 5.75 Å². The lowest BCUT2D eigenvalue weighted by Gasteiger charge is -2.42. The molecule has 0 radical (unpaired) electrons. The molecule has 0 aliphatic carbocycles.